The molecule has 0 heterocycles. The number of thioether (sulfide) groups is 1. The molecule has 0 spiro atoms. The lowest BCUT2D eigenvalue weighted by Crippen LogP contribution is -2.27. The summed E-state index contributed by atoms with van der Waals surface area (Å²) < 4.78 is 26.9. The molecule has 0 aliphatic carbocycles. The molecule has 0 amide bonds. The van der Waals surface area contributed by atoms with E-state index in [2.05, 4.69) is 4.72 Å². The highest BCUT2D eigenvalue weighted by Crippen LogP contribution is 2.25. The second-order valence-corrected chi connectivity index (χ2v) is 7.68. The van der Waals surface area contributed by atoms with Crippen molar-refractivity contribution in [3.63, 3.8) is 0 Å². The zero-order chi connectivity index (χ0) is 16.2. The van der Waals surface area contributed by atoms with Gasteiger partial charge in [-0.05, 0) is 37.3 Å². The number of carboxylic acid groups (broad SMARTS) is 1. The number of aryl methyl sites for hydroxylation is 1. The van der Waals surface area contributed by atoms with Gasteiger partial charge in [-0.25, -0.2) is 17.9 Å². The number of sulfonamides is 1. The van der Waals surface area contributed by atoms with Crippen LogP contribution >= 0.6 is 11.8 Å². The highest BCUT2D eigenvalue weighted by Gasteiger charge is 2.21. The van der Waals surface area contributed by atoms with Gasteiger partial charge < -0.3 is 10.2 Å². The van der Waals surface area contributed by atoms with Gasteiger partial charge >= 0.3 is 5.97 Å². The summed E-state index contributed by atoms with van der Waals surface area (Å²) in [5, 5.41) is 18.8. The Morgan fingerprint density at radius 3 is 2.57 bits per heavy atom. The van der Waals surface area contributed by atoms with E-state index in [1.54, 1.807) is 11.8 Å². The molecule has 1 rings (SSSR count). The quantitative estimate of drug-likeness (QED) is 0.703. The molecule has 21 heavy (non-hydrogen) atoms. The molecular weight excluding hydrogens is 314 g/mol. The summed E-state index contributed by atoms with van der Waals surface area (Å²) in [7, 11) is -3.80. The average molecular weight is 333 g/mol. The lowest BCUT2D eigenvalue weighted by molar-refractivity contribution is 0.0693. The van der Waals surface area contributed by atoms with E-state index in [9.17, 15) is 18.3 Å². The maximum absolute atomic E-state index is 12.2. The number of aromatic hydroxyl groups is 1. The van der Waals surface area contributed by atoms with Crippen LogP contribution in [0.15, 0.2) is 17.0 Å². The minimum atomic E-state index is -3.80. The standard InChI is InChI=1S/C13H19NO5S2/c1-8-6-11(15)10(13(16)17)7-12(8)21(18,19)14-5-4-9(2)20-3/h6-7,9,14-15H,4-5H2,1-3H3,(H,16,17). The summed E-state index contributed by atoms with van der Waals surface area (Å²) in [6, 6.07) is 2.12. The first kappa shape index (κ1) is 17.8. The van der Waals surface area contributed by atoms with Crippen LogP contribution in [-0.2, 0) is 10.0 Å². The Kier molecular flexibility index (Phi) is 6.06. The summed E-state index contributed by atoms with van der Waals surface area (Å²) >= 11 is 1.64. The minimum absolute atomic E-state index is 0.130. The van der Waals surface area contributed by atoms with Crippen LogP contribution in [0, 0.1) is 6.92 Å². The van der Waals surface area contributed by atoms with E-state index in [4.69, 9.17) is 5.11 Å². The van der Waals surface area contributed by atoms with Gasteiger partial charge in [0.1, 0.15) is 11.3 Å². The molecule has 0 fully saturated rings. The van der Waals surface area contributed by atoms with Gasteiger partial charge in [0.2, 0.25) is 10.0 Å². The number of nitrogens with one attached hydrogen (secondary N) is 1. The SMILES string of the molecule is CSC(C)CCNS(=O)(=O)c1cc(C(=O)O)c(O)cc1C. The Morgan fingerprint density at radius 2 is 2.05 bits per heavy atom. The smallest absolute Gasteiger partial charge is 0.339 e. The fraction of sp³-hybridized carbons (Fsp3) is 0.462. The molecule has 0 saturated heterocycles. The Balaban J connectivity index is 3.03. The van der Waals surface area contributed by atoms with Gasteiger partial charge in [-0.3, -0.25) is 0 Å². The van der Waals surface area contributed by atoms with Crippen molar-refractivity contribution >= 4 is 27.8 Å². The third-order valence-electron chi connectivity index (χ3n) is 3.06. The Hall–Kier alpha value is -1.25. The highest BCUT2D eigenvalue weighted by molar-refractivity contribution is 7.99. The predicted octanol–water partition coefficient (Wildman–Crippen LogP) is 1.82. The van der Waals surface area contributed by atoms with Gasteiger partial charge in [0.05, 0.1) is 4.90 Å². The number of phenols is 1. The van der Waals surface area contributed by atoms with E-state index in [1.165, 1.54) is 6.92 Å². The predicted molar refractivity (Wildman–Crippen MR) is 82.6 cm³/mol. The van der Waals surface area contributed by atoms with Crippen molar-refractivity contribution in [2.24, 2.45) is 0 Å². The molecule has 1 atom stereocenters. The Bertz CT molecular complexity index is 628. The van der Waals surface area contributed by atoms with Crippen molar-refractivity contribution in [1.82, 2.24) is 4.72 Å². The third kappa shape index (κ3) is 4.62. The first-order valence-corrected chi connectivity index (χ1v) is 9.05. The van der Waals surface area contributed by atoms with E-state index >= 15 is 0 Å². The fourth-order valence-electron chi connectivity index (χ4n) is 1.73. The summed E-state index contributed by atoms with van der Waals surface area (Å²) in [6.45, 7) is 3.77. The molecule has 0 aliphatic rings. The van der Waals surface area contributed by atoms with E-state index in [0.717, 1.165) is 12.1 Å². The van der Waals surface area contributed by atoms with Crippen LogP contribution in [0.2, 0.25) is 0 Å². The number of aromatic carboxylic acids is 1. The van der Waals surface area contributed by atoms with Crippen molar-refractivity contribution < 1.29 is 23.4 Å². The largest absolute Gasteiger partial charge is 0.507 e. The number of hydrogen-bond donors (Lipinski definition) is 3. The van der Waals surface area contributed by atoms with Crippen molar-refractivity contribution in [1.29, 1.82) is 0 Å². The summed E-state index contributed by atoms with van der Waals surface area (Å²) in [6.07, 6.45) is 2.62. The zero-order valence-corrected chi connectivity index (χ0v) is 13.7. The van der Waals surface area contributed by atoms with Crippen LogP contribution in [0.4, 0.5) is 0 Å². The number of rotatable bonds is 7. The minimum Gasteiger partial charge on any atom is -0.507 e. The summed E-state index contributed by atoms with van der Waals surface area (Å²) in [5.41, 5.74) is -0.138. The monoisotopic (exact) mass is 333 g/mol. The van der Waals surface area contributed by atoms with Crippen molar-refractivity contribution in [2.75, 3.05) is 12.8 Å². The lowest BCUT2D eigenvalue weighted by Gasteiger charge is -2.12. The van der Waals surface area contributed by atoms with Gasteiger partial charge in [0.25, 0.3) is 0 Å². The van der Waals surface area contributed by atoms with Gasteiger partial charge in [-0.1, -0.05) is 6.92 Å². The Morgan fingerprint density at radius 1 is 1.43 bits per heavy atom. The van der Waals surface area contributed by atoms with Gasteiger partial charge in [0, 0.05) is 11.8 Å². The van der Waals surface area contributed by atoms with Crippen molar-refractivity contribution in [2.45, 2.75) is 30.4 Å². The van der Waals surface area contributed by atoms with Crippen LogP contribution in [-0.4, -0.2) is 42.7 Å². The molecule has 0 saturated carbocycles. The first-order valence-electron chi connectivity index (χ1n) is 6.28. The third-order valence-corrected chi connectivity index (χ3v) is 5.70. The van der Waals surface area contributed by atoms with Crippen LogP contribution in [0.3, 0.4) is 0 Å². The topological polar surface area (TPSA) is 104 Å². The molecule has 1 aromatic carbocycles. The maximum atomic E-state index is 12.2. The highest BCUT2D eigenvalue weighted by atomic mass is 32.2. The summed E-state index contributed by atoms with van der Waals surface area (Å²) in [4.78, 5) is 10.8. The second kappa shape index (κ2) is 7.15. The molecule has 3 N–H and O–H groups in total. The molecule has 0 aliphatic heterocycles. The Labute approximate surface area is 128 Å². The van der Waals surface area contributed by atoms with Gasteiger partial charge in [0.15, 0.2) is 0 Å². The molecular formula is C13H19NO5S2. The number of benzene rings is 1. The average Bonchev–Trinajstić information content (AvgIpc) is 2.37. The fourth-order valence-corrected chi connectivity index (χ4v) is 3.38. The van der Waals surface area contributed by atoms with Crippen LogP contribution in [0.1, 0.15) is 29.3 Å². The molecule has 118 valence electrons. The summed E-state index contributed by atoms with van der Waals surface area (Å²) in [5.74, 6) is -1.82. The van der Waals surface area contributed by atoms with E-state index in [1.807, 2.05) is 13.2 Å². The molecule has 1 unspecified atom stereocenters. The number of hydrogen-bond acceptors (Lipinski definition) is 5. The van der Waals surface area contributed by atoms with E-state index in [0.29, 0.717) is 17.2 Å². The molecule has 0 radical (unpaired) electrons. The van der Waals surface area contributed by atoms with E-state index < -0.39 is 27.3 Å². The van der Waals surface area contributed by atoms with Crippen LogP contribution in [0.25, 0.3) is 0 Å². The molecule has 0 bridgehead atoms. The maximum Gasteiger partial charge on any atom is 0.339 e. The molecule has 8 heteroatoms. The molecule has 6 nitrogen and oxygen atoms in total. The molecule has 0 aromatic heterocycles. The number of carbonyl (C=O) groups is 1. The van der Waals surface area contributed by atoms with Gasteiger partial charge in [-0.15, -0.1) is 0 Å². The van der Waals surface area contributed by atoms with E-state index in [-0.39, 0.29) is 11.4 Å². The zero-order valence-electron chi connectivity index (χ0n) is 12.1. The number of carboxylic acids is 1. The first-order chi connectivity index (χ1) is 9.69. The normalized spacial score (nSPS) is 13.1. The van der Waals surface area contributed by atoms with Gasteiger partial charge in [-0.2, -0.15) is 11.8 Å². The van der Waals surface area contributed by atoms with Crippen molar-refractivity contribution in [3.8, 4) is 5.75 Å². The second-order valence-electron chi connectivity index (χ2n) is 4.67. The van der Waals surface area contributed by atoms with Crippen LogP contribution in [0.5, 0.6) is 5.75 Å². The van der Waals surface area contributed by atoms with Crippen LogP contribution < -0.4 is 4.72 Å². The lowest BCUT2D eigenvalue weighted by atomic mass is 10.1. The molecule has 1 aromatic rings. The van der Waals surface area contributed by atoms with Crippen molar-refractivity contribution in [3.05, 3.63) is 23.3 Å².